The summed E-state index contributed by atoms with van der Waals surface area (Å²) >= 11 is 0. The molecule has 2 N–H and O–H groups in total. The number of fused-ring (bicyclic) bond motifs is 1. The summed E-state index contributed by atoms with van der Waals surface area (Å²) in [5.74, 6) is 2.31. The highest BCUT2D eigenvalue weighted by atomic mass is 16.2. The van der Waals surface area contributed by atoms with Gasteiger partial charge in [0.1, 0.15) is 0 Å². The topological polar surface area (TPSA) is 46.3 Å². The highest BCUT2D eigenvalue weighted by Gasteiger charge is 2.21. The van der Waals surface area contributed by atoms with E-state index in [1.807, 2.05) is 49.4 Å². The van der Waals surface area contributed by atoms with E-state index in [1.165, 1.54) is 0 Å². The number of anilines is 1. The van der Waals surface area contributed by atoms with Crippen LogP contribution in [0.15, 0.2) is 42.5 Å². The van der Waals surface area contributed by atoms with E-state index in [4.69, 9.17) is 12.2 Å². The molecule has 0 bridgehead atoms. The minimum absolute atomic E-state index is 0.137. The van der Waals surface area contributed by atoms with Crippen molar-refractivity contribution in [3.8, 4) is 12.3 Å². The molecule has 2 aromatic rings. The fourth-order valence-electron chi connectivity index (χ4n) is 2.30. The van der Waals surface area contributed by atoms with Gasteiger partial charge in [-0.15, -0.1) is 12.3 Å². The molecule has 2 aromatic carbocycles. The van der Waals surface area contributed by atoms with Crippen LogP contribution in [0.4, 0.5) is 5.69 Å². The lowest BCUT2D eigenvalue weighted by Gasteiger charge is -2.25. The molecule has 1 unspecified atom stereocenters. The Balaban J connectivity index is 2.45. The molecule has 0 aliphatic carbocycles. The molecule has 2 rings (SSSR count). The van der Waals surface area contributed by atoms with Gasteiger partial charge in [0.25, 0.3) is 0 Å². The molecule has 102 valence electrons. The molecule has 0 fully saturated rings. The van der Waals surface area contributed by atoms with E-state index in [-0.39, 0.29) is 12.3 Å². The largest absolute Gasteiger partial charge is 0.319 e. The van der Waals surface area contributed by atoms with Crippen LogP contribution in [-0.4, -0.2) is 18.5 Å². The van der Waals surface area contributed by atoms with E-state index in [0.717, 1.165) is 16.5 Å². The minimum atomic E-state index is -0.654. The zero-order valence-corrected chi connectivity index (χ0v) is 11.5. The van der Waals surface area contributed by atoms with Gasteiger partial charge in [0, 0.05) is 18.4 Å². The van der Waals surface area contributed by atoms with Crippen molar-refractivity contribution < 1.29 is 4.79 Å². The van der Waals surface area contributed by atoms with E-state index in [0.29, 0.717) is 6.54 Å². The summed E-state index contributed by atoms with van der Waals surface area (Å²) < 4.78 is 0. The molecule has 0 aliphatic rings. The predicted octanol–water partition coefficient (Wildman–Crippen LogP) is 2.54. The first kappa shape index (κ1) is 14.1. The Labute approximate surface area is 119 Å². The van der Waals surface area contributed by atoms with Crippen LogP contribution < -0.4 is 10.6 Å². The summed E-state index contributed by atoms with van der Waals surface area (Å²) in [6, 6.07) is 13.2. The third-order valence-electron chi connectivity index (χ3n) is 3.29. The summed E-state index contributed by atoms with van der Waals surface area (Å²) in [5, 5.41) is 2.14. The van der Waals surface area contributed by atoms with Crippen molar-refractivity contribution in [3.05, 3.63) is 42.5 Å². The lowest BCUT2D eigenvalue weighted by molar-refractivity contribution is -0.119. The average Bonchev–Trinajstić information content (AvgIpc) is 2.48. The van der Waals surface area contributed by atoms with Gasteiger partial charge in [0.15, 0.2) is 0 Å². The summed E-state index contributed by atoms with van der Waals surface area (Å²) in [5.41, 5.74) is 6.73. The van der Waals surface area contributed by atoms with Crippen LogP contribution in [0.25, 0.3) is 10.8 Å². The summed E-state index contributed by atoms with van der Waals surface area (Å²) in [6.45, 7) is 2.49. The number of likely N-dealkylation sites (N-methyl/N-ethyl adjacent to an activating group) is 1. The molecule has 0 saturated heterocycles. The average molecular weight is 266 g/mol. The van der Waals surface area contributed by atoms with Gasteiger partial charge >= 0.3 is 0 Å². The molecule has 0 spiro atoms. The van der Waals surface area contributed by atoms with Crippen molar-refractivity contribution in [2.24, 2.45) is 5.73 Å². The highest BCUT2D eigenvalue weighted by Crippen LogP contribution is 2.27. The van der Waals surface area contributed by atoms with Gasteiger partial charge in [-0.2, -0.15) is 0 Å². The number of carbonyl (C=O) groups is 1. The Kier molecular flexibility index (Phi) is 4.39. The number of carbonyl (C=O) groups excluding carboxylic acids is 1. The molecule has 3 heteroatoms. The first-order valence-corrected chi connectivity index (χ1v) is 6.67. The van der Waals surface area contributed by atoms with Crippen LogP contribution in [0, 0.1) is 12.3 Å². The van der Waals surface area contributed by atoms with Crippen molar-refractivity contribution in [2.45, 2.75) is 19.4 Å². The van der Waals surface area contributed by atoms with E-state index >= 15 is 0 Å². The third-order valence-corrected chi connectivity index (χ3v) is 3.29. The van der Waals surface area contributed by atoms with Crippen molar-refractivity contribution in [2.75, 3.05) is 11.4 Å². The van der Waals surface area contributed by atoms with Crippen LogP contribution in [-0.2, 0) is 4.79 Å². The van der Waals surface area contributed by atoms with Gasteiger partial charge in [-0.1, -0.05) is 36.4 Å². The summed E-state index contributed by atoms with van der Waals surface area (Å²) in [6.07, 6.45) is 5.49. The maximum absolute atomic E-state index is 12.4. The molecule has 1 atom stereocenters. The lowest BCUT2D eigenvalue weighted by Crippen LogP contribution is -2.43. The Morgan fingerprint density at radius 2 is 2.00 bits per heavy atom. The fraction of sp³-hybridized carbons (Fsp3) is 0.235. The number of benzene rings is 2. The van der Waals surface area contributed by atoms with Crippen LogP contribution in [0.2, 0.25) is 0 Å². The molecule has 20 heavy (non-hydrogen) atoms. The molecule has 0 radical (unpaired) electrons. The normalized spacial score (nSPS) is 11.8. The van der Waals surface area contributed by atoms with Crippen LogP contribution in [0.5, 0.6) is 0 Å². The Morgan fingerprint density at radius 3 is 2.70 bits per heavy atom. The molecular formula is C17H18N2O. The number of nitrogens with two attached hydrogens (primary N) is 1. The number of nitrogens with zero attached hydrogens (tertiary/aromatic N) is 1. The Hall–Kier alpha value is -2.31. The maximum atomic E-state index is 12.4. The molecular weight excluding hydrogens is 248 g/mol. The maximum Gasteiger partial charge on any atom is 0.244 e. The standard InChI is InChI=1S/C17H18N2O/c1-3-8-15(18)17(20)19(4-2)16-12-7-10-13-9-5-6-11-14(13)16/h1,5-7,9-12,15H,4,8,18H2,2H3. The van der Waals surface area contributed by atoms with Crippen LogP contribution in [0.1, 0.15) is 13.3 Å². The first-order valence-electron chi connectivity index (χ1n) is 6.67. The van der Waals surface area contributed by atoms with Gasteiger partial charge in [-0.05, 0) is 18.4 Å². The second kappa shape index (κ2) is 6.23. The van der Waals surface area contributed by atoms with Crippen molar-refractivity contribution >= 4 is 22.4 Å². The van der Waals surface area contributed by atoms with Gasteiger partial charge in [0.2, 0.25) is 5.91 Å². The number of rotatable bonds is 4. The van der Waals surface area contributed by atoms with E-state index in [1.54, 1.807) is 4.90 Å². The second-order valence-electron chi connectivity index (χ2n) is 4.60. The molecule has 0 aromatic heterocycles. The summed E-state index contributed by atoms with van der Waals surface area (Å²) in [7, 11) is 0. The first-order chi connectivity index (χ1) is 9.69. The monoisotopic (exact) mass is 266 g/mol. The molecule has 0 saturated carbocycles. The third kappa shape index (κ3) is 2.66. The predicted molar refractivity (Wildman–Crippen MR) is 83.4 cm³/mol. The lowest BCUT2D eigenvalue weighted by atomic mass is 10.1. The minimum Gasteiger partial charge on any atom is -0.319 e. The van der Waals surface area contributed by atoms with Crippen LogP contribution >= 0.6 is 0 Å². The number of hydrogen-bond donors (Lipinski definition) is 1. The summed E-state index contributed by atoms with van der Waals surface area (Å²) in [4.78, 5) is 14.1. The van der Waals surface area contributed by atoms with Gasteiger partial charge in [-0.3, -0.25) is 4.79 Å². The second-order valence-corrected chi connectivity index (χ2v) is 4.60. The van der Waals surface area contributed by atoms with Crippen molar-refractivity contribution in [1.29, 1.82) is 0 Å². The number of hydrogen-bond acceptors (Lipinski definition) is 2. The van der Waals surface area contributed by atoms with Gasteiger partial charge < -0.3 is 10.6 Å². The van der Waals surface area contributed by atoms with Crippen molar-refractivity contribution in [1.82, 2.24) is 0 Å². The molecule has 0 aliphatic heterocycles. The quantitative estimate of drug-likeness (QED) is 0.864. The van der Waals surface area contributed by atoms with Crippen molar-refractivity contribution in [3.63, 3.8) is 0 Å². The molecule has 0 heterocycles. The molecule has 1 amide bonds. The smallest absolute Gasteiger partial charge is 0.244 e. The highest BCUT2D eigenvalue weighted by molar-refractivity contribution is 6.05. The fourth-order valence-corrected chi connectivity index (χ4v) is 2.30. The Morgan fingerprint density at radius 1 is 1.30 bits per heavy atom. The molecule has 3 nitrogen and oxygen atoms in total. The van der Waals surface area contributed by atoms with E-state index in [9.17, 15) is 4.79 Å². The zero-order chi connectivity index (χ0) is 14.5. The number of terminal acetylenes is 1. The zero-order valence-electron chi connectivity index (χ0n) is 11.5. The van der Waals surface area contributed by atoms with E-state index < -0.39 is 6.04 Å². The van der Waals surface area contributed by atoms with Gasteiger partial charge in [-0.25, -0.2) is 0 Å². The Bertz CT molecular complexity index is 652. The SMILES string of the molecule is C#CCC(N)C(=O)N(CC)c1cccc2ccccc12. The number of amides is 1. The van der Waals surface area contributed by atoms with Crippen LogP contribution in [0.3, 0.4) is 0 Å². The van der Waals surface area contributed by atoms with Gasteiger partial charge in [0.05, 0.1) is 11.7 Å². The van der Waals surface area contributed by atoms with E-state index in [2.05, 4.69) is 5.92 Å².